The molecular weight excluding hydrogens is 462 g/mol. The molecule has 0 aliphatic carbocycles. The van der Waals surface area contributed by atoms with Crippen LogP contribution in [0.15, 0.2) is 42.7 Å². The summed E-state index contributed by atoms with van der Waals surface area (Å²) in [5.41, 5.74) is 7.61. The molecule has 33 heavy (non-hydrogen) atoms. The van der Waals surface area contributed by atoms with E-state index in [1.807, 2.05) is 52.3 Å². The van der Waals surface area contributed by atoms with Gasteiger partial charge in [0.25, 0.3) is 0 Å². The number of halogens is 1. The van der Waals surface area contributed by atoms with Gasteiger partial charge < -0.3 is 15.4 Å². The first-order chi connectivity index (χ1) is 15.9. The number of rotatable bonds is 8. The first-order valence-electron chi connectivity index (χ1n) is 10.4. The third-order valence-corrected chi connectivity index (χ3v) is 6.79. The van der Waals surface area contributed by atoms with Gasteiger partial charge in [0, 0.05) is 29.9 Å². The van der Waals surface area contributed by atoms with Gasteiger partial charge in [-0.05, 0) is 42.3 Å². The summed E-state index contributed by atoms with van der Waals surface area (Å²) in [7, 11) is 1.35. The Morgan fingerprint density at radius 2 is 2.21 bits per heavy atom. The third-order valence-electron chi connectivity index (χ3n) is 5.59. The van der Waals surface area contributed by atoms with E-state index in [4.69, 9.17) is 22.1 Å². The van der Waals surface area contributed by atoms with Crippen LogP contribution in [0.3, 0.4) is 0 Å². The van der Waals surface area contributed by atoms with Gasteiger partial charge in [-0.1, -0.05) is 23.7 Å². The molecule has 0 spiro atoms. The van der Waals surface area contributed by atoms with Crippen LogP contribution in [0.5, 0.6) is 0 Å². The number of nitrogens with two attached hydrogens (primary N) is 1. The Morgan fingerprint density at radius 3 is 2.97 bits per heavy atom. The molecule has 3 heterocycles. The van der Waals surface area contributed by atoms with Crippen LogP contribution < -0.4 is 5.73 Å². The summed E-state index contributed by atoms with van der Waals surface area (Å²) in [6.07, 6.45) is 5.95. The lowest BCUT2D eigenvalue weighted by atomic mass is 10.1. The highest BCUT2D eigenvalue weighted by Crippen LogP contribution is 2.24. The van der Waals surface area contributed by atoms with Gasteiger partial charge in [0.1, 0.15) is 12.1 Å². The van der Waals surface area contributed by atoms with E-state index in [1.54, 1.807) is 0 Å². The number of carbonyl (C=O) groups excluding carboxylic acids is 2. The molecule has 172 valence electrons. The molecule has 1 aromatic carbocycles. The molecule has 2 N–H and O–H groups in total. The Balaban J connectivity index is 1.45. The number of methoxy groups -OCH3 is 1. The fraction of sp³-hybridized carbons (Fsp3) is 0.304. The number of anilines is 1. The van der Waals surface area contributed by atoms with Crippen molar-refractivity contribution in [1.29, 1.82) is 0 Å². The first kappa shape index (κ1) is 23.2. The number of carbonyl (C=O) groups is 2. The number of thiophene rings is 1. The maximum absolute atomic E-state index is 13.2. The van der Waals surface area contributed by atoms with Gasteiger partial charge in [-0.15, -0.1) is 11.3 Å². The van der Waals surface area contributed by atoms with Gasteiger partial charge in [0.15, 0.2) is 0 Å². The van der Waals surface area contributed by atoms with Crippen molar-refractivity contribution >= 4 is 57.6 Å². The van der Waals surface area contributed by atoms with Gasteiger partial charge in [0.2, 0.25) is 5.91 Å². The van der Waals surface area contributed by atoms with Crippen LogP contribution in [0.1, 0.15) is 16.9 Å². The van der Waals surface area contributed by atoms with Crippen molar-refractivity contribution in [1.82, 2.24) is 19.8 Å². The van der Waals surface area contributed by atoms with Gasteiger partial charge in [-0.25, -0.2) is 9.97 Å². The van der Waals surface area contributed by atoms with Crippen molar-refractivity contribution in [3.8, 4) is 0 Å². The summed E-state index contributed by atoms with van der Waals surface area (Å²) in [6.45, 7) is 1.56. The summed E-state index contributed by atoms with van der Waals surface area (Å²) < 4.78 is 5.56. The van der Waals surface area contributed by atoms with E-state index in [-0.39, 0.29) is 24.5 Å². The Labute approximate surface area is 200 Å². The predicted octanol–water partition coefficient (Wildman–Crippen LogP) is 3.22. The quantitative estimate of drug-likeness (QED) is 0.489. The normalized spacial score (nSPS) is 16.4. The average molecular weight is 486 g/mol. The van der Waals surface area contributed by atoms with Crippen LogP contribution >= 0.6 is 22.9 Å². The first-order valence-corrected chi connectivity index (χ1v) is 11.6. The molecular formula is C23H24ClN5O3S. The summed E-state index contributed by atoms with van der Waals surface area (Å²) in [5, 5.41) is 0.787. The molecule has 1 atom stereocenters. The summed E-state index contributed by atoms with van der Waals surface area (Å²) >= 11 is 7.45. The predicted molar refractivity (Wildman–Crippen MR) is 130 cm³/mol. The summed E-state index contributed by atoms with van der Waals surface area (Å²) in [6, 6.07) is 9.11. The summed E-state index contributed by atoms with van der Waals surface area (Å²) in [4.78, 5) is 38.2. The van der Waals surface area contributed by atoms with Crippen LogP contribution in [-0.4, -0.2) is 64.4 Å². The van der Waals surface area contributed by atoms with Crippen LogP contribution in [-0.2, 0) is 20.9 Å². The minimum absolute atomic E-state index is 0.00577. The van der Waals surface area contributed by atoms with E-state index < -0.39 is 0 Å². The highest BCUT2D eigenvalue weighted by molar-refractivity contribution is 7.16. The molecule has 3 aromatic rings. The van der Waals surface area contributed by atoms with Crippen molar-refractivity contribution in [2.24, 2.45) is 0 Å². The maximum atomic E-state index is 13.2. The van der Waals surface area contributed by atoms with Crippen molar-refractivity contribution in [3.63, 3.8) is 0 Å². The van der Waals surface area contributed by atoms with E-state index in [9.17, 15) is 9.59 Å². The zero-order valence-corrected chi connectivity index (χ0v) is 19.7. The number of nitrogen functional groups attached to an aromatic ring is 1. The zero-order valence-electron chi connectivity index (χ0n) is 18.1. The van der Waals surface area contributed by atoms with Crippen LogP contribution in [0.4, 0.5) is 5.82 Å². The molecule has 0 bridgehead atoms. The molecule has 0 unspecified atom stereocenters. The second kappa shape index (κ2) is 10.3. The molecule has 1 amide bonds. The fourth-order valence-corrected chi connectivity index (χ4v) is 4.91. The smallest absolute Gasteiger partial charge is 0.319 e. The number of hydrogen-bond acceptors (Lipinski definition) is 8. The summed E-state index contributed by atoms with van der Waals surface area (Å²) in [5.74, 6) is 0.0505. The van der Waals surface area contributed by atoms with Crippen molar-refractivity contribution in [2.75, 3.05) is 32.5 Å². The molecule has 0 radical (unpaired) electrons. The molecule has 10 heteroatoms. The maximum Gasteiger partial charge on any atom is 0.319 e. The van der Waals surface area contributed by atoms with Crippen molar-refractivity contribution in [3.05, 3.63) is 57.5 Å². The van der Waals surface area contributed by atoms with Gasteiger partial charge in [0.05, 0.1) is 29.5 Å². The Morgan fingerprint density at radius 1 is 1.36 bits per heavy atom. The average Bonchev–Trinajstić information content (AvgIpc) is 3.38. The minimum Gasteiger partial charge on any atom is -0.468 e. The number of aromatic nitrogens is 2. The molecule has 1 aliphatic heterocycles. The number of esters is 1. The molecule has 1 aliphatic rings. The fourth-order valence-electron chi connectivity index (χ4n) is 3.91. The number of hydrogen-bond donors (Lipinski definition) is 1. The van der Waals surface area contributed by atoms with Crippen LogP contribution in [0, 0.1) is 0 Å². The second-order valence-corrected chi connectivity index (χ2v) is 9.47. The number of fused-ring (bicyclic) bond motifs is 1. The van der Waals surface area contributed by atoms with Crippen LogP contribution in [0.25, 0.3) is 17.0 Å². The number of likely N-dealkylation sites (tertiary alicyclic amines) is 1. The van der Waals surface area contributed by atoms with E-state index in [1.165, 1.54) is 24.8 Å². The lowest BCUT2D eigenvalue weighted by molar-refractivity contribution is -0.143. The Kier molecular flexibility index (Phi) is 7.22. The standard InChI is InChI=1S/C23H24ClN5O3S/c1-32-21(30)13-28(9-2-3-16-5-7-20(24)33-16)19-8-10-29(23(19)31)12-15-4-6-17-18(11-15)26-14-27-22(17)25/h2-7,11,14,19H,8-10,12-13H2,1H3,(H2,25,26,27)/t19-/m0/s1. The molecule has 4 rings (SSSR count). The van der Waals surface area contributed by atoms with Crippen molar-refractivity contribution < 1.29 is 14.3 Å². The lowest BCUT2D eigenvalue weighted by Crippen LogP contribution is -2.44. The van der Waals surface area contributed by atoms with Crippen LogP contribution in [0.2, 0.25) is 4.34 Å². The highest BCUT2D eigenvalue weighted by atomic mass is 35.5. The number of benzene rings is 1. The zero-order chi connectivity index (χ0) is 23.4. The topological polar surface area (TPSA) is 102 Å². The van der Waals surface area contributed by atoms with Gasteiger partial charge in [-0.3, -0.25) is 14.5 Å². The second-order valence-electron chi connectivity index (χ2n) is 7.72. The number of amides is 1. The van der Waals surface area contributed by atoms with Gasteiger partial charge >= 0.3 is 5.97 Å². The largest absolute Gasteiger partial charge is 0.468 e. The van der Waals surface area contributed by atoms with E-state index in [2.05, 4.69) is 9.97 Å². The molecule has 8 nitrogen and oxygen atoms in total. The van der Waals surface area contributed by atoms with Gasteiger partial charge in [-0.2, -0.15) is 0 Å². The number of ether oxygens (including phenoxy) is 1. The SMILES string of the molecule is COC(=O)CN(CC=Cc1ccc(Cl)s1)[C@H]1CCN(Cc2ccc3c(N)ncnc3c2)C1=O. The minimum atomic E-state index is -0.390. The molecule has 2 aromatic heterocycles. The van der Waals surface area contributed by atoms with E-state index in [0.29, 0.717) is 36.2 Å². The van der Waals surface area contributed by atoms with E-state index >= 15 is 0 Å². The lowest BCUT2D eigenvalue weighted by Gasteiger charge is -2.25. The Bertz CT molecular complexity index is 1200. The molecule has 1 fully saturated rings. The number of nitrogens with zero attached hydrogens (tertiary/aromatic N) is 4. The van der Waals surface area contributed by atoms with E-state index in [0.717, 1.165) is 21.3 Å². The third kappa shape index (κ3) is 5.50. The van der Waals surface area contributed by atoms with Crippen molar-refractivity contribution in [2.45, 2.75) is 19.0 Å². The Hall–Kier alpha value is -3.01. The highest BCUT2D eigenvalue weighted by Gasteiger charge is 2.36. The monoisotopic (exact) mass is 485 g/mol. The molecule has 1 saturated heterocycles. The molecule has 0 saturated carbocycles.